The Hall–Kier alpha value is -3.31. The highest BCUT2D eigenvalue weighted by Crippen LogP contribution is 2.23. The number of nitrogens with zero attached hydrogens (tertiary/aromatic N) is 1. The summed E-state index contributed by atoms with van der Waals surface area (Å²) in [7, 11) is 0. The number of nitrogens with one attached hydrogen (secondary N) is 1. The fourth-order valence-electron chi connectivity index (χ4n) is 2.49. The Morgan fingerprint density at radius 2 is 1.81 bits per heavy atom. The number of rotatable bonds is 4. The van der Waals surface area contributed by atoms with Gasteiger partial charge < -0.3 is 8.83 Å². The number of amides is 1. The number of hydrogen-bond acceptors (Lipinski definition) is 4. The van der Waals surface area contributed by atoms with Gasteiger partial charge in [-0.3, -0.25) is 4.79 Å². The lowest BCUT2D eigenvalue weighted by molar-refractivity contribution is 0.0929. The highest BCUT2D eigenvalue weighted by molar-refractivity contribution is 6.30. The van der Waals surface area contributed by atoms with E-state index in [4.69, 9.17) is 20.4 Å². The van der Waals surface area contributed by atoms with Crippen molar-refractivity contribution in [3.05, 3.63) is 83.3 Å². The van der Waals surface area contributed by atoms with Gasteiger partial charge >= 0.3 is 5.91 Å². The summed E-state index contributed by atoms with van der Waals surface area (Å²) in [5.41, 5.74) is 3.98. The Kier molecular flexibility index (Phi) is 4.29. The smallest absolute Gasteiger partial charge is 0.307 e. The van der Waals surface area contributed by atoms with Crippen LogP contribution < -0.4 is 5.43 Å². The molecule has 1 N–H and O–H groups in total. The normalized spacial score (nSPS) is 11.3. The highest BCUT2D eigenvalue weighted by atomic mass is 35.5. The first kappa shape index (κ1) is 16.2. The third kappa shape index (κ3) is 3.38. The standard InChI is InChI=1S/C20H13ClN2O3/c21-15-7-5-13(6-8-15)18-10-9-16(25-18)12-22-23-20(24)19-11-14-3-1-2-4-17(14)26-19/h1-12H,(H,23,24)/b22-12+. The molecule has 0 aliphatic heterocycles. The second-order valence-electron chi connectivity index (χ2n) is 5.56. The van der Waals surface area contributed by atoms with E-state index in [1.54, 1.807) is 30.3 Å². The van der Waals surface area contributed by atoms with Crippen LogP contribution >= 0.6 is 11.6 Å². The summed E-state index contributed by atoms with van der Waals surface area (Å²) in [6.45, 7) is 0. The largest absolute Gasteiger partial charge is 0.455 e. The molecule has 0 unspecified atom stereocenters. The first-order chi connectivity index (χ1) is 12.7. The number of carbonyl (C=O) groups is 1. The maximum absolute atomic E-state index is 12.1. The number of hydrazone groups is 1. The molecule has 2 heterocycles. The maximum Gasteiger partial charge on any atom is 0.307 e. The van der Waals surface area contributed by atoms with Gasteiger partial charge in [0.05, 0.1) is 6.21 Å². The minimum atomic E-state index is -0.429. The van der Waals surface area contributed by atoms with E-state index in [2.05, 4.69) is 10.5 Å². The van der Waals surface area contributed by atoms with Crippen LogP contribution in [0.4, 0.5) is 0 Å². The predicted octanol–water partition coefficient (Wildman–Crippen LogP) is 5.11. The summed E-state index contributed by atoms with van der Waals surface area (Å²) in [5.74, 6) is 0.971. The van der Waals surface area contributed by atoms with Crippen LogP contribution in [0.15, 0.2) is 80.7 Å². The van der Waals surface area contributed by atoms with E-state index >= 15 is 0 Å². The molecule has 2 aromatic carbocycles. The van der Waals surface area contributed by atoms with Gasteiger partial charge in [-0.05, 0) is 48.5 Å². The third-order valence-electron chi connectivity index (χ3n) is 3.76. The minimum absolute atomic E-state index is 0.199. The molecule has 0 bridgehead atoms. The lowest BCUT2D eigenvalue weighted by Gasteiger charge is -1.96. The van der Waals surface area contributed by atoms with Crippen molar-refractivity contribution in [3.63, 3.8) is 0 Å². The van der Waals surface area contributed by atoms with Crippen molar-refractivity contribution in [2.75, 3.05) is 0 Å². The zero-order valence-corrected chi connectivity index (χ0v) is 14.2. The Labute approximate surface area is 153 Å². The van der Waals surface area contributed by atoms with E-state index in [0.29, 0.717) is 22.1 Å². The minimum Gasteiger partial charge on any atom is -0.455 e. The summed E-state index contributed by atoms with van der Waals surface area (Å²) in [5, 5.41) is 5.43. The number of fused-ring (bicyclic) bond motifs is 1. The van der Waals surface area contributed by atoms with Crippen molar-refractivity contribution in [3.8, 4) is 11.3 Å². The van der Waals surface area contributed by atoms with E-state index in [0.717, 1.165) is 10.9 Å². The number of halogens is 1. The fourth-order valence-corrected chi connectivity index (χ4v) is 2.62. The van der Waals surface area contributed by atoms with Crippen LogP contribution in [0, 0.1) is 0 Å². The van der Waals surface area contributed by atoms with Crippen LogP contribution in [0.25, 0.3) is 22.3 Å². The Balaban J connectivity index is 1.43. The van der Waals surface area contributed by atoms with Crippen molar-refractivity contribution in [2.45, 2.75) is 0 Å². The molecule has 1 amide bonds. The summed E-state index contributed by atoms with van der Waals surface area (Å²) < 4.78 is 11.2. The van der Waals surface area contributed by atoms with Crippen LogP contribution in [0.3, 0.4) is 0 Å². The second-order valence-corrected chi connectivity index (χ2v) is 5.99. The van der Waals surface area contributed by atoms with Gasteiger partial charge in [-0.25, -0.2) is 5.43 Å². The van der Waals surface area contributed by atoms with Crippen LogP contribution in [-0.2, 0) is 0 Å². The van der Waals surface area contributed by atoms with E-state index in [-0.39, 0.29) is 5.76 Å². The summed E-state index contributed by atoms with van der Waals surface area (Å²) in [6.07, 6.45) is 1.43. The molecule has 0 aliphatic carbocycles. The van der Waals surface area contributed by atoms with Crippen LogP contribution in [0.2, 0.25) is 5.02 Å². The SMILES string of the molecule is O=C(N/N=C/c1ccc(-c2ccc(Cl)cc2)o1)c1cc2ccccc2o1. The highest BCUT2D eigenvalue weighted by Gasteiger charge is 2.11. The molecule has 5 nitrogen and oxygen atoms in total. The lowest BCUT2D eigenvalue weighted by Crippen LogP contribution is -2.16. The first-order valence-electron chi connectivity index (χ1n) is 7.87. The van der Waals surface area contributed by atoms with Crippen molar-refractivity contribution >= 4 is 34.7 Å². The molecule has 2 aromatic heterocycles. The third-order valence-corrected chi connectivity index (χ3v) is 4.01. The molecule has 4 aromatic rings. The van der Waals surface area contributed by atoms with E-state index in [9.17, 15) is 4.79 Å². The molecule has 0 fully saturated rings. The Morgan fingerprint density at radius 3 is 2.62 bits per heavy atom. The molecule has 0 atom stereocenters. The summed E-state index contributed by atoms with van der Waals surface area (Å²) >= 11 is 5.88. The second kappa shape index (κ2) is 6.90. The number of para-hydroxylation sites is 1. The maximum atomic E-state index is 12.1. The van der Waals surface area contributed by atoms with Crippen LogP contribution in [0.1, 0.15) is 16.3 Å². The average Bonchev–Trinajstić information content (AvgIpc) is 3.29. The average molecular weight is 365 g/mol. The van der Waals surface area contributed by atoms with Gasteiger partial charge in [0.25, 0.3) is 0 Å². The predicted molar refractivity (Wildman–Crippen MR) is 100 cm³/mol. The molecule has 128 valence electrons. The fraction of sp³-hybridized carbons (Fsp3) is 0. The molecule has 0 saturated heterocycles. The molecule has 0 saturated carbocycles. The first-order valence-corrected chi connectivity index (χ1v) is 8.24. The van der Waals surface area contributed by atoms with Gasteiger partial charge in [0, 0.05) is 16.0 Å². The molecule has 0 spiro atoms. The Bertz CT molecular complexity index is 1060. The number of benzene rings is 2. The zero-order chi connectivity index (χ0) is 17.9. The molecule has 26 heavy (non-hydrogen) atoms. The monoisotopic (exact) mass is 364 g/mol. The summed E-state index contributed by atoms with van der Waals surface area (Å²) in [6, 6.07) is 20.0. The number of hydrogen-bond donors (Lipinski definition) is 1. The van der Waals surface area contributed by atoms with Gasteiger partial charge in [-0.2, -0.15) is 5.10 Å². The lowest BCUT2D eigenvalue weighted by atomic mass is 10.2. The molecule has 6 heteroatoms. The van der Waals surface area contributed by atoms with Gasteiger partial charge in [-0.1, -0.05) is 29.8 Å². The van der Waals surface area contributed by atoms with Gasteiger partial charge in [-0.15, -0.1) is 0 Å². The van der Waals surface area contributed by atoms with Gasteiger partial charge in [0.1, 0.15) is 17.1 Å². The quantitative estimate of drug-likeness (QED) is 0.404. The van der Waals surface area contributed by atoms with E-state index < -0.39 is 5.91 Å². The van der Waals surface area contributed by atoms with E-state index in [1.165, 1.54) is 6.21 Å². The van der Waals surface area contributed by atoms with E-state index in [1.807, 2.05) is 36.4 Å². The van der Waals surface area contributed by atoms with Crippen molar-refractivity contribution < 1.29 is 13.6 Å². The van der Waals surface area contributed by atoms with Crippen LogP contribution in [0.5, 0.6) is 0 Å². The summed E-state index contributed by atoms with van der Waals surface area (Å²) in [4.78, 5) is 12.1. The topological polar surface area (TPSA) is 67.7 Å². The van der Waals surface area contributed by atoms with Crippen molar-refractivity contribution in [1.29, 1.82) is 0 Å². The molecule has 4 rings (SSSR count). The number of furan rings is 2. The van der Waals surface area contributed by atoms with Gasteiger partial charge in [0.2, 0.25) is 0 Å². The molecular weight excluding hydrogens is 352 g/mol. The number of carbonyl (C=O) groups excluding carboxylic acids is 1. The van der Waals surface area contributed by atoms with Crippen molar-refractivity contribution in [1.82, 2.24) is 5.43 Å². The molecular formula is C20H13ClN2O3. The molecule has 0 radical (unpaired) electrons. The Morgan fingerprint density at radius 1 is 1.00 bits per heavy atom. The van der Waals surface area contributed by atoms with Crippen LogP contribution in [-0.4, -0.2) is 12.1 Å². The van der Waals surface area contributed by atoms with Gasteiger partial charge in [0.15, 0.2) is 5.76 Å². The zero-order valence-electron chi connectivity index (χ0n) is 13.5. The molecule has 0 aliphatic rings. The van der Waals surface area contributed by atoms with Crippen molar-refractivity contribution in [2.24, 2.45) is 5.10 Å².